The molecule has 0 saturated carbocycles. The van der Waals surface area contributed by atoms with Crippen LogP contribution >= 0.6 is 0 Å². The number of rotatable bonds is 48. The second kappa shape index (κ2) is 53.2. The van der Waals surface area contributed by atoms with Gasteiger partial charge < -0.3 is 14.2 Å². The average Bonchev–Trinajstić information content (AvgIpc) is 3.30. The lowest BCUT2D eigenvalue weighted by atomic mass is 10.1. The van der Waals surface area contributed by atoms with Gasteiger partial charge in [-0.1, -0.05) is 196 Å². The molecule has 0 unspecified atom stereocenters. The summed E-state index contributed by atoms with van der Waals surface area (Å²) in [6.07, 6.45) is 68.4. The molecule has 0 saturated heterocycles. The summed E-state index contributed by atoms with van der Waals surface area (Å²) in [4.78, 5) is 38.1. The van der Waals surface area contributed by atoms with E-state index in [1.54, 1.807) is 0 Å². The lowest BCUT2D eigenvalue weighted by Gasteiger charge is -2.18. The highest BCUT2D eigenvalue weighted by Gasteiger charge is 2.19. The molecule has 0 spiro atoms. The van der Waals surface area contributed by atoms with Gasteiger partial charge in [-0.3, -0.25) is 14.4 Å². The van der Waals surface area contributed by atoms with E-state index in [0.29, 0.717) is 19.3 Å². The van der Waals surface area contributed by atoms with E-state index >= 15 is 0 Å². The number of ether oxygens (including phenoxy) is 3. The maximum absolute atomic E-state index is 12.8. The predicted octanol–water partition coefficient (Wildman–Crippen LogP) is 18.0. The Morgan fingerprint density at radius 3 is 0.862 bits per heavy atom. The number of hydrogen-bond donors (Lipinski definition) is 0. The zero-order valence-electron chi connectivity index (χ0n) is 42.5. The number of esters is 3. The monoisotopic (exact) mass is 905 g/mol. The Morgan fingerprint density at radius 2 is 0.554 bits per heavy atom. The molecule has 0 aromatic heterocycles. The zero-order chi connectivity index (χ0) is 47.2. The molecule has 65 heavy (non-hydrogen) atoms. The van der Waals surface area contributed by atoms with Crippen LogP contribution in [0.4, 0.5) is 0 Å². The van der Waals surface area contributed by atoms with Gasteiger partial charge in [0.05, 0.1) is 0 Å². The van der Waals surface area contributed by atoms with Crippen LogP contribution < -0.4 is 0 Å². The first-order valence-corrected chi connectivity index (χ1v) is 27.1. The normalized spacial score (nSPS) is 12.7. The van der Waals surface area contributed by atoms with E-state index < -0.39 is 6.10 Å². The number of carbonyl (C=O) groups is 3. The summed E-state index contributed by atoms with van der Waals surface area (Å²) in [6.45, 7) is 6.51. The van der Waals surface area contributed by atoms with Gasteiger partial charge in [-0.15, -0.1) is 0 Å². The minimum Gasteiger partial charge on any atom is -0.462 e. The molecule has 0 aliphatic heterocycles. The molecule has 0 aliphatic rings. The quantitative estimate of drug-likeness (QED) is 0.0262. The van der Waals surface area contributed by atoms with Gasteiger partial charge in [0.2, 0.25) is 0 Å². The number of hydrogen-bond acceptors (Lipinski definition) is 6. The molecular formula is C59H100O6. The highest BCUT2D eigenvalue weighted by atomic mass is 16.6. The minimum atomic E-state index is -0.799. The van der Waals surface area contributed by atoms with E-state index in [9.17, 15) is 14.4 Å². The van der Waals surface area contributed by atoms with Crippen molar-refractivity contribution in [2.45, 2.75) is 258 Å². The van der Waals surface area contributed by atoms with Gasteiger partial charge in [0, 0.05) is 19.3 Å². The third-order valence-electron chi connectivity index (χ3n) is 11.3. The van der Waals surface area contributed by atoms with Crippen molar-refractivity contribution in [1.29, 1.82) is 0 Å². The van der Waals surface area contributed by atoms with Crippen molar-refractivity contribution in [3.05, 3.63) is 85.1 Å². The van der Waals surface area contributed by atoms with E-state index in [-0.39, 0.29) is 31.1 Å². The third kappa shape index (κ3) is 51.4. The Balaban J connectivity index is 4.48. The molecule has 0 bridgehead atoms. The summed E-state index contributed by atoms with van der Waals surface area (Å²) in [5.41, 5.74) is 0. The lowest BCUT2D eigenvalue weighted by molar-refractivity contribution is -0.167. The molecule has 0 amide bonds. The highest BCUT2D eigenvalue weighted by molar-refractivity contribution is 5.71. The van der Waals surface area contributed by atoms with Gasteiger partial charge in [-0.2, -0.15) is 0 Å². The van der Waals surface area contributed by atoms with Crippen LogP contribution in [0.25, 0.3) is 0 Å². The molecule has 0 aliphatic carbocycles. The van der Waals surface area contributed by atoms with Crippen molar-refractivity contribution >= 4 is 17.9 Å². The Hall–Kier alpha value is -3.41. The van der Waals surface area contributed by atoms with Crippen molar-refractivity contribution in [2.24, 2.45) is 0 Å². The van der Waals surface area contributed by atoms with Crippen LogP contribution in [-0.4, -0.2) is 37.2 Å². The summed E-state index contributed by atoms with van der Waals surface area (Å²) in [5.74, 6) is -0.945. The van der Waals surface area contributed by atoms with Crippen LogP contribution in [0.5, 0.6) is 0 Å². The molecule has 0 rings (SSSR count). The highest BCUT2D eigenvalue weighted by Crippen LogP contribution is 2.13. The SMILES string of the molecule is CCCCCC=CCC=CCC=CCCCCCCC(=O)OC[C@@H](COC(=O)CCCCCCCC=CCC=CCCCCC)OC(=O)CCCCCCCC=CCC=CCCCCC. The molecule has 6 nitrogen and oxygen atoms in total. The first-order chi connectivity index (χ1) is 32.0. The van der Waals surface area contributed by atoms with Crippen LogP contribution in [0.15, 0.2) is 85.1 Å². The van der Waals surface area contributed by atoms with Gasteiger partial charge in [0.1, 0.15) is 13.2 Å². The summed E-state index contributed by atoms with van der Waals surface area (Å²) >= 11 is 0. The molecule has 0 radical (unpaired) electrons. The Bertz CT molecular complexity index is 1270. The Labute approximate surface area is 401 Å². The Morgan fingerprint density at radius 1 is 0.308 bits per heavy atom. The second-order valence-corrected chi connectivity index (χ2v) is 17.8. The maximum atomic E-state index is 12.8. The van der Waals surface area contributed by atoms with Gasteiger partial charge in [-0.25, -0.2) is 0 Å². The molecule has 0 fully saturated rings. The number of allylic oxidation sites excluding steroid dienone is 14. The fraction of sp³-hybridized carbons (Fsp3) is 0.712. The summed E-state index contributed by atoms with van der Waals surface area (Å²) in [7, 11) is 0. The molecule has 1 atom stereocenters. The van der Waals surface area contributed by atoms with E-state index in [1.807, 2.05) is 0 Å². The predicted molar refractivity (Wildman–Crippen MR) is 279 cm³/mol. The van der Waals surface area contributed by atoms with E-state index in [1.165, 1.54) is 77.0 Å². The van der Waals surface area contributed by atoms with E-state index in [0.717, 1.165) is 135 Å². The molecular weight excluding hydrogens is 805 g/mol. The molecule has 0 aromatic carbocycles. The minimum absolute atomic E-state index is 0.0975. The van der Waals surface area contributed by atoms with Crippen molar-refractivity contribution < 1.29 is 28.6 Å². The zero-order valence-corrected chi connectivity index (χ0v) is 42.5. The molecule has 0 heterocycles. The Kier molecular flexibility index (Phi) is 50.4. The number of unbranched alkanes of at least 4 members (excludes halogenated alkanes) is 23. The van der Waals surface area contributed by atoms with Crippen LogP contribution in [0, 0.1) is 0 Å². The van der Waals surface area contributed by atoms with Crippen LogP contribution in [0.2, 0.25) is 0 Å². The second-order valence-electron chi connectivity index (χ2n) is 17.8. The fourth-order valence-electron chi connectivity index (χ4n) is 7.21. The molecule has 0 N–H and O–H groups in total. The van der Waals surface area contributed by atoms with Crippen molar-refractivity contribution in [3.63, 3.8) is 0 Å². The van der Waals surface area contributed by atoms with Gasteiger partial charge in [0.25, 0.3) is 0 Å². The molecule has 372 valence electrons. The van der Waals surface area contributed by atoms with Crippen molar-refractivity contribution in [1.82, 2.24) is 0 Å². The smallest absolute Gasteiger partial charge is 0.306 e. The van der Waals surface area contributed by atoms with Crippen LogP contribution in [-0.2, 0) is 28.6 Å². The summed E-state index contributed by atoms with van der Waals surface area (Å²) in [6, 6.07) is 0. The number of carbonyl (C=O) groups excluding carboxylic acids is 3. The van der Waals surface area contributed by atoms with Crippen molar-refractivity contribution in [2.75, 3.05) is 13.2 Å². The van der Waals surface area contributed by atoms with Crippen molar-refractivity contribution in [3.8, 4) is 0 Å². The molecule has 0 aromatic rings. The molecule has 6 heteroatoms. The van der Waals surface area contributed by atoms with E-state index in [4.69, 9.17) is 14.2 Å². The average molecular weight is 905 g/mol. The van der Waals surface area contributed by atoms with E-state index in [2.05, 4.69) is 106 Å². The topological polar surface area (TPSA) is 78.9 Å². The fourth-order valence-corrected chi connectivity index (χ4v) is 7.21. The maximum Gasteiger partial charge on any atom is 0.306 e. The summed E-state index contributed by atoms with van der Waals surface area (Å²) < 4.78 is 16.8. The largest absolute Gasteiger partial charge is 0.462 e. The van der Waals surface area contributed by atoms with Gasteiger partial charge >= 0.3 is 17.9 Å². The van der Waals surface area contributed by atoms with Crippen LogP contribution in [0.3, 0.4) is 0 Å². The van der Waals surface area contributed by atoms with Crippen LogP contribution in [0.1, 0.15) is 252 Å². The first-order valence-electron chi connectivity index (χ1n) is 27.1. The van der Waals surface area contributed by atoms with Gasteiger partial charge in [0.15, 0.2) is 6.10 Å². The standard InChI is InChI=1S/C59H100O6/c1-4-7-10-13-16-19-22-25-28-29-32-34-37-40-43-46-49-52-58(61)64-55-56(65-59(62)53-50-47-44-41-38-35-31-27-24-21-18-15-12-9-6-3)54-63-57(60)51-48-45-42-39-36-33-30-26-23-20-17-14-11-8-5-2/h16-21,25-28,30-32,34,56H,4-15,22-24,29,33,35-55H2,1-3H3/t56-/m1/s1. The van der Waals surface area contributed by atoms with Gasteiger partial charge in [-0.05, 0) is 122 Å². The first kappa shape index (κ1) is 61.6. The summed E-state index contributed by atoms with van der Waals surface area (Å²) in [5, 5.41) is 0. The lowest BCUT2D eigenvalue weighted by Crippen LogP contribution is -2.30. The third-order valence-corrected chi connectivity index (χ3v) is 11.3.